The van der Waals surface area contributed by atoms with Crippen molar-refractivity contribution >= 4 is 15.7 Å². The third kappa shape index (κ3) is 4.03. The highest BCUT2D eigenvalue weighted by Gasteiger charge is 2.26. The van der Waals surface area contributed by atoms with Gasteiger partial charge in [0.25, 0.3) is 5.69 Å². The van der Waals surface area contributed by atoms with E-state index in [0.29, 0.717) is 23.3 Å². The van der Waals surface area contributed by atoms with Gasteiger partial charge in [-0.1, -0.05) is 18.2 Å². The summed E-state index contributed by atoms with van der Waals surface area (Å²) in [7, 11) is -0.815. The first-order chi connectivity index (χ1) is 12.2. The Labute approximate surface area is 153 Å². The lowest BCUT2D eigenvalue weighted by Crippen LogP contribution is -2.29. The van der Waals surface area contributed by atoms with E-state index >= 15 is 0 Å². The highest BCUT2D eigenvalue weighted by atomic mass is 32.2. The second-order valence-electron chi connectivity index (χ2n) is 6.03. The van der Waals surface area contributed by atoms with Crippen molar-refractivity contribution in [2.45, 2.75) is 25.2 Å². The van der Waals surface area contributed by atoms with Gasteiger partial charge in [0.05, 0.1) is 16.9 Å². The lowest BCUT2D eigenvalue weighted by atomic mass is 10.1. The molecule has 0 unspecified atom stereocenters. The highest BCUT2D eigenvalue weighted by molar-refractivity contribution is 7.89. The number of nitro groups is 1. The van der Waals surface area contributed by atoms with E-state index in [-0.39, 0.29) is 17.1 Å². The quantitative estimate of drug-likeness (QED) is 0.545. The van der Waals surface area contributed by atoms with Crippen LogP contribution in [0.25, 0.3) is 0 Å². The van der Waals surface area contributed by atoms with Gasteiger partial charge in [-0.05, 0) is 43.0 Å². The molecule has 2 aromatic rings. The van der Waals surface area contributed by atoms with E-state index in [1.165, 1.54) is 17.4 Å². The first-order valence-electron chi connectivity index (χ1n) is 8.02. The molecule has 0 atom stereocenters. The molecule has 26 heavy (non-hydrogen) atoms. The fourth-order valence-electron chi connectivity index (χ4n) is 2.66. The van der Waals surface area contributed by atoms with Crippen LogP contribution in [0.5, 0.6) is 5.75 Å². The van der Waals surface area contributed by atoms with Gasteiger partial charge in [-0.2, -0.15) is 0 Å². The van der Waals surface area contributed by atoms with Crippen LogP contribution < -0.4 is 4.74 Å². The summed E-state index contributed by atoms with van der Waals surface area (Å²) in [6, 6.07) is 9.90. The summed E-state index contributed by atoms with van der Waals surface area (Å²) in [6.07, 6.45) is 0.465. The van der Waals surface area contributed by atoms with E-state index < -0.39 is 14.9 Å². The van der Waals surface area contributed by atoms with Crippen molar-refractivity contribution in [3.8, 4) is 5.75 Å². The number of non-ortho nitro benzene ring substituents is 1. The second-order valence-corrected chi connectivity index (χ2v) is 8.04. The third-order valence-electron chi connectivity index (χ3n) is 4.39. The van der Waals surface area contributed by atoms with Crippen molar-refractivity contribution in [2.75, 3.05) is 20.7 Å². The van der Waals surface area contributed by atoms with E-state index in [1.807, 2.05) is 24.3 Å². The standard InChI is InChI=1S/C18H22N2O5S/c1-13-11-16(20(21)22)12-18(14(13)2)26(23,24)19(3)10-9-15-7-5-6-8-17(15)25-4/h5-8,11-12H,9-10H2,1-4H3. The van der Waals surface area contributed by atoms with Crippen molar-refractivity contribution in [3.05, 3.63) is 63.2 Å². The Bertz CT molecular complexity index is 925. The van der Waals surface area contributed by atoms with Gasteiger partial charge in [0, 0.05) is 25.7 Å². The van der Waals surface area contributed by atoms with Crippen molar-refractivity contribution in [1.82, 2.24) is 4.31 Å². The Morgan fingerprint density at radius 1 is 1.19 bits per heavy atom. The minimum Gasteiger partial charge on any atom is -0.496 e. The Morgan fingerprint density at radius 2 is 1.85 bits per heavy atom. The van der Waals surface area contributed by atoms with Crippen molar-refractivity contribution in [2.24, 2.45) is 0 Å². The first kappa shape index (κ1) is 19.9. The molecule has 0 saturated carbocycles. The largest absolute Gasteiger partial charge is 0.496 e. The summed E-state index contributed by atoms with van der Waals surface area (Å²) in [4.78, 5) is 10.5. The maximum absolute atomic E-state index is 12.9. The van der Waals surface area contributed by atoms with Crippen LogP contribution >= 0.6 is 0 Å². The molecule has 7 nitrogen and oxygen atoms in total. The number of nitrogens with zero attached hydrogens (tertiary/aromatic N) is 2. The molecular formula is C18H22N2O5S. The maximum atomic E-state index is 12.9. The van der Waals surface area contributed by atoms with Crippen LogP contribution in [0.4, 0.5) is 5.69 Å². The molecule has 0 amide bonds. The van der Waals surface area contributed by atoms with Crippen molar-refractivity contribution < 1.29 is 18.1 Å². The summed E-state index contributed by atoms with van der Waals surface area (Å²) < 4.78 is 32.4. The average molecular weight is 378 g/mol. The van der Waals surface area contributed by atoms with Crippen LogP contribution in [0.3, 0.4) is 0 Å². The number of aryl methyl sites for hydroxylation is 1. The molecule has 0 aromatic heterocycles. The molecule has 0 bridgehead atoms. The molecule has 2 aromatic carbocycles. The molecule has 0 N–H and O–H groups in total. The molecule has 0 fully saturated rings. The molecular weight excluding hydrogens is 356 g/mol. The summed E-state index contributed by atoms with van der Waals surface area (Å²) in [6.45, 7) is 3.54. The SMILES string of the molecule is COc1ccccc1CCN(C)S(=O)(=O)c1cc([N+](=O)[O-])cc(C)c1C. The zero-order chi connectivity index (χ0) is 19.5. The van der Waals surface area contributed by atoms with Gasteiger partial charge in [-0.15, -0.1) is 0 Å². The summed E-state index contributed by atoms with van der Waals surface area (Å²) in [5, 5.41) is 11.1. The number of hydrogen-bond acceptors (Lipinski definition) is 5. The van der Waals surface area contributed by atoms with Gasteiger partial charge in [-0.3, -0.25) is 10.1 Å². The smallest absolute Gasteiger partial charge is 0.271 e. The Balaban J connectivity index is 2.31. The van der Waals surface area contributed by atoms with Crippen LogP contribution in [0.1, 0.15) is 16.7 Å². The number of para-hydroxylation sites is 1. The highest BCUT2D eigenvalue weighted by Crippen LogP contribution is 2.27. The molecule has 0 saturated heterocycles. The summed E-state index contributed by atoms with van der Waals surface area (Å²) >= 11 is 0. The monoisotopic (exact) mass is 378 g/mol. The summed E-state index contributed by atoms with van der Waals surface area (Å²) in [5.74, 6) is 0.695. The zero-order valence-electron chi connectivity index (χ0n) is 15.2. The van der Waals surface area contributed by atoms with Crippen molar-refractivity contribution in [1.29, 1.82) is 0 Å². The Kier molecular flexibility index (Phi) is 5.99. The first-order valence-corrected chi connectivity index (χ1v) is 9.46. The van der Waals surface area contributed by atoms with Gasteiger partial charge in [0.1, 0.15) is 5.75 Å². The molecule has 0 aliphatic rings. The van der Waals surface area contributed by atoms with Crippen LogP contribution in [0, 0.1) is 24.0 Å². The summed E-state index contributed by atoms with van der Waals surface area (Å²) in [5.41, 5.74) is 1.74. The van der Waals surface area contributed by atoms with Crippen molar-refractivity contribution in [3.63, 3.8) is 0 Å². The van der Waals surface area contributed by atoms with Crippen LogP contribution in [0.2, 0.25) is 0 Å². The van der Waals surface area contributed by atoms with Crippen LogP contribution in [-0.2, 0) is 16.4 Å². The van der Waals surface area contributed by atoms with Gasteiger partial charge in [0.2, 0.25) is 10.0 Å². The zero-order valence-corrected chi connectivity index (χ0v) is 16.0. The predicted octanol–water partition coefficient (Wildman–Crippen LogP) is 3.08. The van der Waals surface area contributed by atoms with E-state index in [0.717, 1.165) is 11.6 Å². The minimum absolute atomic E-state index is 0.0354. The molecule has 0 aliphatic carbocycles. The average Bonchev–Trinajstić information content (AvgIpc) is 2.61. The second kappa shape index (κ2) is 7.84. The number of rotatable bonds is 7. The number of methoxy groups -OCH3 is 1. The molecule has 0 aliphatic heterocycles. The van der Waals surface area contributed by atoms with E-state index in [4.69, 9.17) is 4.74 Å². The third-order valence-corrected chi connectivity index (χ3v) is 6.38. The molecule has 2 rings (SSSR count). The van der Waals surface area contributed by atoms with E-state index in [9.17, 15) is 18.5 Å². The van der Waals surface area contributed by atoms with E-state index in [2.05, 4.69) is 0 Å². The maximum Gasteiger partial charge on any atom is 0.271 e. The number of sulfonamides is 1. The fraction of sp³-hybridized carbons (Fsp3) is 0.333. The van der Waals surface area contributed by atoms with Gasteiger partial charge in [-0.25, -0.2) is 12.7 Å². The van der Waals surface area contributed by atoms with Gasteiger partial charge >= 0.3 is 0 Å². The minimum atomic E-state index is -3.85. The predicted molar refractivity (Wildman–Crippen MR) is 99.1 cm³/mol. The number of hydrogen-bond donors (Lipinski definition) is 0. The topological polar surface area (TPSA) is 89.8 Å². The number of nitro benzene ring substituents is 1. The van der Waals surface area contributed by atoms with Gasteiger partial charge < -0.3 is 4.74 Å². The van der Waals surface area contributed by atoms with Crippen LogP contribution in [-0.4, -0.2) is 38.3 Å². The van der Waals surface area contributed by atoms with Crippen LogP contribution in [0.15, 0.2) is 41.3 Å². The number of likely N-dealkylation sites (N-methyl/N-ethyl adjacent to an activating group) is 1. The molecule has 0 spiro atoms. The molecule has 140 valence electrons. The lowest BCUT2D eigenvalue weighted by Gasteiger charge is -2.19. The number of benzene rings is 2. The molecule has 0 radical (unpaired) electrons. The normalized spacial score (nSPS) is 11.6. The van der Waals surface area contributed by atoms with E-state index in [1.54, 1.807) is 21.0 Å². The van der Waals surface area contributed by atoms with Gasteiger partial charge in [0.15, 0.2) is 0 Å². The molecule has 0 heterocycles. The Morgan fingerprint density at radius 3 is 2.46 bits per heavy atom. The lowest BCUT2D eigenvalue weighted by molar-refractivity contribution is -0.385. The fourth-order valence-corrected chi connectivity index (χ4v) is 4.14. The molecule has 8 heteroatoms. The Hall–Kier alpha value is -2.45. The number of ether oxygens (including phenoxy) is 1.